The quantitative estimate of drug-likeness (QED) is 0.0322. The number of allylic oxidation sites excluding steroid dienone is 24. The number of esters is 1. The van der Waals surface area contributed by atoms with Crippen molar-refractivity contribution in [2.45, 2.75) is 124 Å². The SMILES string of the molecule is CC(=O)Oc1ccccc1C(=O)[O-].CC/C=C/C/C=C/C/C=C/C/C=C/C/C=C/C/C=C/CCC(=O)[O-].CC/C=C/C/C=C/C/C=C/C/C=C/C/C=C/C/C=C/CCC(=O)[O-].[Al+3]. The first-order chi connectivity index (χ1) is 29.6. The van der Waals surface area contributed by atoms with E-state index in [4.69, 9.17) is 0 Å². The molecule has 0 N–H and O–H groups in total. The summed E-state index contributed by atoms with van der Waals surface area (Å²) >= 11 is 0. The number of para-hydroxylation sites is 1. The second kappa shape index (κ2) is 49.9. The molecule has 332 valence electrons. The molecule has 62 heavy (non-hydrogen) atoms. The van der Waals surface area contributed by atoms with Crippen LogP contribution in [0, 0.1) is 0 Å². The Hall–Kier alpha value is -5.49. The summed E-state index contributed by atoms with van der Waals surface area (Å²) in [6.45, 7) is 5.49. The second-order valence-electron chi connectivity index (χ2n) is 13.0. The van der Waals surface area contributed by atoms with E-state index in [2.05, 4.69) is 140 Å². The number of rotatable bonds is 30. The number of carboxylic acid groups (broad SMARTS) is 3. The predicted molar refractivity (Wildman–Crippen MR) is 253 cm³/mol. The Labute approximate surface area is 383 Å². The number of aliphatic carboxylic acids is 2. The van der Waals surface area contributed by atoms with E-state index in [0.29, 0.717) is 12.8 Å². The van der Waals surface area contributed by atoms with Crippen molar-refractivity contribution >= 4 is 41.2 Å². The van der Waals surface area contributed by atoms with Gasteiger partial charge in [-0.1, -0.05) is 172 Å². The number of benzene rings is 1. The molecule has 0 spiro atoms. The molecule has 9 heteroatoms. The maximum atomic E-state index is 10.6. The summed E-state index contributed by atoms with van der Waals surface area (Å²) in [7, 11) is 0. The van der Waals surface area contributed by atoms with E-state index in [-0.39, 0.29) is 41.5 Å². The van der Waals surface area contributed by atoms with Gasteiger partial charge in [0.1, 0.15) is 5.75 Å². The van der Waals surface area contributed by atoms with Gasteiger partial charge in [0.15, 0.2) is 0 Å². The van der Waals surface area contributed by atoms with Crippen molar-refractivity contribution in [2.24, 2.45) is 0 Å². The third-order valence-corrected chi connectivity index (χ3v) is 7.58. The topological polar surface area (TPSA) is 147 Å². The minimum Gasteiger partial charge on any atom is -0.550 e. The molecule has 0 saturated carbocycles. The fourth-order valence-electron chi connectivity index (χ4n) is 4.56. The summed E-state index contributed by atoms with van der Waals surface area (Å²) < 4.78 is 4.65. The van der Waals surface area contributed by atoms with Crippen LogP contribution in [-0.2, 0) is 14.4 Å². The zero-order valence-corrected chi connectivity index (χ0v) is 38.5. The van der Waals surface area contributed by atoms with Crippen molar-refractivity contribution in [1.29, 1.82) is 0 Å². The third kappa shape index (κ3) is 50.7. The summed E-state index contributed by atoms with van der Waals surface area (Å²) in [6.07, 6.45) is 64.2. The molecular weight excluding hydrogens is 792 g/mol. The van der Waals surface area contributed by atoms with Gasteiger partial charge in [0.05, 0.1) is 5.97 Å². The number of hydrogen-bond donors (Lipinski definition) is 0. The first-order valence-electron chi connectivity index (χ1n) is 21.3. The largest absolute Gasteiger partial charge is 3.00 e. The Morgan fingerprint density at radius 2 is 0.694 bits per heavy atom. The van der Waals surface area contributed by atoms with Gasteiger partial charge >= 0.3 is 23.3 Å². The number of ether oxygens (including phenoxy) is 1. The molecule has 1 rings (SSSR count). The summed E-state index contributed by atoms with van der Waals surface area (Å²) in [5.74, 6) is -3.90. The van der Waals surface area contributed by atoms with Crippen LogP contribution >= 0.6 is 0 Å². The third-order valence-electron chi connectivity index (χ3n) is 7.58. The van der Waals surface area contributed by atoms with Crippen molar-refractivity contribution in [1.82, 2.24) is 0 Å². The van der Waals surface area contributed by atoms with Crippen LogP contribution in [0.25, 0.3) is 0 Å². The molecule has 0 heterocycles. The molecule has 0 aliphatic heterocycles. The van der Waals surface area contributed by atoms with Crippen molar-refractivity contribution in [3.63, 3.8) is 0 Å². The molecule has 0 unspecified atom stereocenters. The molecule has 0 radical (unpaired) electrons. The Bertz CT molecular complexity index is 1580. The minimum absolute atomic E-state index is 0. The van der Waals surface area contributed by atoms with E-state index in [9.17, 15) is 34.5 Å². The van der Waals surface area contributed by atoms with Crippen LogP contribution in [0.1, 0.15) is 134 Å². The molecule has 1 aromatic rings. The molecule has 0 amide bonds. The van der Waals surface area contributed by atoms with E-state index in [1.165, 1.54) is 25.1 Å². The van der Waals surface area contributed by atoms with E-state index in [1.807, 2.05) is 24.3 Å². The Morgan fingerprint density at radius 3 is 0.935 bits per heavy atom. The first kappa shape index (κ1) is 60.8. The van der Waals surface area contributed by atoms with Crippen LogP contribution in [0.15, 0.2) is 170 Å². The van der Waals surface area contributed by atoms with Crippen LogP contribution in [0.3, 0.4) is 0 Å². The van der Waals surface area contributed by atoms with Gasteiger partial charge in [-0.15, -0.1) is 0 Å². The summed E-state index contributed by atoms with van der Waals surface area (Å²) in [5, 5.41) is 30.9. The van der Waals surface area contributed by atoms with Crippen molar-refractivity contribution < 1.29 is 39.2 Å². The molecule has 8 nitrogen and oxygen atoms in total. The summed E-state index contributed by atoms with van der Waals surface area (Å²) in [6, 6.07) is 5.81. The summed E-state index contributed by atoms with van der Waals surface area (Å²) in [5.41, 5.74) is -0.127. The number of carbonyl (C=O) groups excluding carboxylic acids is 4. The fraction of sp³-hybridized carbons (Fsp3) is 0.358. The predicted octanol–water partition coefficient (Wildman–Crippen LogP) is 10.0. The van der Waals surface area contributed by atoms with E-state index < -0.39 is 23.9 Å². The van der Waals surface area contributed by atoms with E-state index in [0.717, 1.165) is 77.0 Å². The number of carboxylic acids is 3. The molecule has 1 aromatic carbocycles. The first-order valence-corrected chi connectivity index (χ1v) is 21.3. The maximum absolute atomic E-state index is 10.6. The molecule has 0 aliphatic rings. The van der Waals surface area contributed by atoms with Gasteiger partial charge in [0.25, 0.3) is 0 Å². The van der Waals surface area contributed by atoms with Gasteiger partial charge in [-0.05, 0) is 115 Å². The number of carbonyl (C=O) groups is 4. The van der Waals surface area contributed by atoms with E-state index >= 15 is 0 Å². The van der Waals surface area contributed by atoms with Crippen molar-refractivity contribution in [2.75, 3.05) is 0 Å². The standard InChI is InChI=1S/2C22H32O2.C9H8O4.Al/c2*1-2-3-4-5-6-7-8-9-10-11-12-13-14-15-16-17-18-19-20-21-22(23)24;1-6(10)13-8-5-3-2-4-7(8)9(11)12;/h2*3-4,6-7,9-10,12-13,15-16,18-19H,2,5,8,11,14,17,20-21H2,1H3,(H,23,24);2-5H,1H3,(H,11,12);/q;;;+3/p-3/b2*4-3+,7-6+,10-9+,13-12+,16-15+,19-18+;;. The second-order valence-corrected chi connectivity index (χ2v) is 13.0. The molecule has 0 atom stereocenters. The minimum atomic E-state index is -1.36. The maximum Gasteiger partial charge on any atom is 3.00 e. The Kier molecular flexibility index (Phi) is 48.9. The van der Waals surface area contributed by atoms with Crippen LogP contribution in [0.4, 0.5) is 0 Å². The normalized spacial score (nSPS) is 12.0. The molecular formula is C53H69AlO8. The molecule has 0 bridgehead atoms. The fourth-order valence-corrected chi connectivity index (χ4v) is 4.56. The van der Waals surface area contributed by atoms with Crippen molar-refractivity contribution in [3.05, 3.63) is 176 Å². The Balaban J connectivity index is -0.000000871. The molecule has 0 fully saturated rings. The van der Waals surface area contributed by atoms with Gasteiger partial charge in [0, 0.05) is 24.4 Å². The van der Waals surface area contributed by atoms with Crippen LogP contribution in [0.5, 0.6) is 5.75 Å². The van der Waals surface area contributed by atoms with E-state index in [1.54, 1.807) is 6.07 Å². The molecule has 0 aliphatic carbocycles. The average molecular weight is 861 g/mol. The molecule has 0 aromatic heterocycles. The van der Waals surface area contributed by atoms with Gasteiger partial charge in [-0.2, -0.15) is 0 Å². The number of hydrogen-bond acceptors (Lipinski definition) is 8. The van der Waals surface area contributed by atoms with Gasteiger partial charge in [-0.25, -0.2) is 0 Å². The van der Waals surface area contributed by atoms with Crippen LogP contribution < -0.4 is 20.1 Å². The van der Waals surface area contributed by atoms with Crippen molar-refractivity contribution in [3.8, 4) is 5.75 Å². The monoisotopic (exact) mass is 860 g/mol. The average Bonchev–Trinajstić information content (AvgIpc) is 3.22. The van der Waals surface area contributed by atoms with Crippen LogP contribution in [-0.4, -0.2) is 41.2 Å². The zero-order valence-electron chi connectivity index (χ0n) is 37.3. The molecule has 0 saturated heterocycles. The van der Waals surface area contributed by atoms with Crippen LogP contribution in [0.2, 0.25) is 0 Å². The number of aromatic carboxylic acids is 1. The zero-order chi connectivity index (χ0) is 45.3. The smallest absolute Gasteiger partial charge is 0.550 e. The van der Waals surface area contributed by atoms with Gasteiger partial charge < -0.3 is 34.4 Å². The van der Waals surface area contributed by atoms with Gasteiger partial charge in [-0.3, -0.25) is 4.79 Å². The Morgan fingerprint density at radius 1 is 0.435 bits per heavy atom. The summed E-state index contributed by atoms with van der Waals surface area (Å²) in [4.78, 5) is 41.5. The van der Waals surface area contributed by atoms with Gasteiger partial charge in [0.2, 0.25) is 0 Å².